The van der Waals surface area contributed by atoms with E-state index in [1.807, 2.05) is 0 Å². The summed E-state index contributed by atoms with van der Waals surface area (Å²) in [5.41, 5.74) is 1.38. The van der Waals surface area contributed by atoms with Crippen molar-refractivity contribution in [3.8, 4) is 10.0 Å². The summed E-state index contributed by atoms with van der Waals surface area (Å²) >= 11 is 0.571. The fourth-order valence-corrected chi connectivity index (χ4v) is 3.02. The summed E-state index contributed by atoms with van der Waals surface area (Å²) in [6.07, 6.45) is 0. The summed E-state index contributed by atoms with van der Waals surface area (Å²) in [5, 5.41) is 0. The summed E-state index contributed by atoms with van der Waals surface area (Å²) in [7, 11) is 0. The van der Waals surface area contributed by atoms with Crippen LogP contribution < -0.4 is 0 Å². The Bertz CT molecular complexity index is 360. The molecule has 0 aliphatic carbocycles. The Kier molecular flexibility index (Phi) is 2.16. The van der Waals surface area contributed by atoms with Gasteiger partial charge in [-0.3, -0.25) is 0 Å². The third-order valence-corrected chi connectivity index (χ3v) is 4.00. The van der Waals surface area contributed by atoms with Crippen LogP contribution in [0.3, 0.4) is 0 Å². The predicted molar refractivity (Wildman–Crippen MR) is 53.6 cm³/mol. The second kappa shape index (κ2) is 3.30. The van der Waals surface area contributed by atoms with Gasteiger partial charge >= 0.3 is 78.3 Å². The van der Waals surface area contributed by atoms with Crippen molar-refractivity contribution in [2.45, 2.75) is 6.92 Å². The van der Waals surface area contributed by atoms with E-state index in [2.05, 4.69) is 49.4 Å². The first kappa shape index (κ1) is 7.85. The summed E-state index contributed by atoms with van der Waals surface area (Å²) in [5.74, 6) is 0. The van der Waals surface area contributed by atoms with E-state index in [1.54, 1.807) is 0 Å². The van der Waals surface area contributed by atoms with Gasteiger partial charge in [-0.05, 0) is 0 Å². The summed E-state index contributed by atoms with van der Waals surface area (Å²) < 4.78 is 3.02. The zero-order chi connectivity index (χ0) is 8.39. The van der Waals surface area contributed by atoms with Crippen LogP contribution in [-0.2, 0) is 0 Å². The number of aryl methyl sites for hydroxylation is 1. The molecule has 0 atom stereocenters. The Morgan fingerprint density at radius 1 is 0.917 bits per heavy atom. The molecular weight excluding hydrogens is 211 g/mol. The zero-order valence-electron chi connectivity index (χ0n) is 6.95. The topological polar surface area (TPSA) is 0 Å². The van der Waals surface area contributed by atoms with E-state index in [0.29, 0.717) is 14.5 Å². The molecule has 0 saturated heterocycles. The molecule has 0 aliphatic heterocycles. The van der Waals surface area contributed by atoms with E-state index in [4.69, 9.17) is 0 Å². The normalized spacial score (nSPS) is 10.1. The summed E-state index contributed by atoms with van der Waals surface area (Å²) in [4.78, 5) is 0. The Hall–Kier alpha value is -0.781. The third-order valence-electron chi connectivity index (χ3n) is 1.80. The second-order valence-corrected chi connectivity index (χ2v) is 5.48. The quantitative estimate of drug-likeness (QED) is 0.649. The van der Waals surface area contributed by atoms with Crippen LogP contribution >= 0.6 is 0 Å². The van der Waals surface area contributed by atoms with Crippen molar-refractivity contribution in [1.82, 2.24) is 0 Å². The minimum absolute atomic E-state index is 0.571. The van der Waals surface area contributed by atoms with Crippen LogP contribution in [0.25, 0.3) is 10.0 Å². The van der Waals surface area contributed by atoms with Crippen molar-refractivity contribution in [2.24, 2.45) is 0 Å². The number of benzene rings is 1. The first-order valence-corrected chi connectivity index (χ1v) is 5.69. The fourth-order valence-electron chi connectivity index (χ4n) is 1.19. The Labute approximate surface area is 78.6 Å². The second-order valence-electron chi connectivity index (χ2n) is 2.78. The van der Waals surface area contributed by atoms with Crippen LogP contribution in [-0.4, -0.2) is 14.5 Å². The van der Waals surface area contributed by atoms with Crippen LogP contribution in [0.4, 0.5) is 0 Å². The molecule has 0 unspecified atom stereocenters. The molecule has 1 heteroatoms. The molecule has 2 rings (SSSR count). The molecule has 0 radical (unpaired) electrons. The fraction of sp³-hybridized carbons (Fsp3) is 0.0909. The zero-order valence-corrected chi connectivity index (χ0v) is 8.66. The average Bonchev–Trinajstić information content (AvgIpc) is 2.54. The van der Waals surface area contributed by atoms with Gasteiger partial charge in [0.1, 0.15) is 0 Å². The molecule has 12 heavy (non-hydrogen) atoms. The van der Waals surface area contributed by atoms with Crippen molar-refractivity contribution in [2.75, 3.05) is 0 Å². The van der Waals surface area contributed by atoms with Crippen LogP contribution in [0.5, 0.6) is 0 Å². The van der Waals surface area contributed by atoms with E-state index >= 15 is 0 Å². The molecule has 0 N–H and O–H groups in total. The molecule has 0 nitrogen and oxygen atoms in total. The molecule has 1 aromatic heterocycles. The van der Waals surface area contributed by atoms with Crippen LogP contribution in [0, 0.1) is 6.92 Å². The van der Waals surface area contributed by atoms with E-state index in [9.17, 15) is 0 Å². The molecule has 1 heterocycles. The first-order valence-electron chi connectivity index (χ1n) is 3.98. The maximum absolute atomic E-state index is 2.24. The van der Waals surface area contributed by atoms with E-state index < -0.39 is 0 Å². The van der Waals surface area contributed by atoms with E-state index in [-0.39, 0.29) is 0 Å². The van der Waals surface area contributed by atoms with Crippen LogP contribution in [0.2, 0.25) is 0 Å². The van der Waals surface area contributed by atoms with E-state index in [0.717, 1.165) is 0 Å². The minimum atomic E-state index is 0.571. The molecule has 0 fully saturated rings. The van der Waals surface area contributed by atoms with E-state index in [1.165, 1.54) is 14.4 Å². The molecule has 1 aromatic carbocycles. The van der Waals surface area contributed by atoms with Crippen molar-refractivity contribution < 1.29 is 0 Å². The monoisotopic (exact) mass is 222 g/mol. The standard InChI is InChI=1S/C11H10Se/c1-9-7-8-11(12-9)10-5-3-2-4-6-10/h2-8H,1H3. The average molecular weight is 221 g/mol. The van der Waals surface area contributed by atoms with Gasteiger partial charge in [0.2, 0.25) is 0 Å². The predicted octanol–water partition coefficient (Wildman–Crippen LogP) is 2.72. The SMILES string of the molecule is Cc1ccc(-c2ccccc2)[se]1. The molecule has 2 aromatic rings. The van der Waals surface area contributed by atoms with Gasteiger partial charge in [-0.25, -0.2) is 0 Å². The molecule has 60 valence electrons. The van der Waals surface area contributed by atoms with Gasteiger partial charge in [-0.1, -0.05) is 0 Å². The third kappa shape index (κ3) is 1.52. The summed E-state index contributed by atoms with van der Waals surface area (Å²) in [6, 6.07) is 15.1. The Morgan fingerprint density at radius 3 is 2.25 bits per heavy atom. The first-order chi connectivity index (χ1) is 5.86. The van der Waals surface area contributed by atoms with Crippen molar-refractivity contribution in [3.05, 3.63) is 46.9 Å². The molecule has 0 spiro atoms. The van der Waals surface area contributed by atoms with Gasteiger partial charge in [0.05, 0.1) is 0 Å². The molecule has 0 amide bonds. The number of hydrogen-bond acceptors (Lipinski definition) is 0. The van der Waals surface area contributed by atoms with Gasteiger partial charge in [-0.15, -0.1) is 0 Å². The van der Waals surface area contributed by atoms with Gasteiger partial charge < -0.3 is 0 Å². The summed E-state index contributed by atoms with van der Waals surface area (Å²) in [6.45, 7) is 2.20. The van der Waals surface area contributed by atoms with Gasteiger partial charge in [0.15, 0.2) is 0 Å². The number of hydrogen-bond donors (Lipinski definition) is 0. The van der Waals surface area contributed by atoms with Gasteiger partial charge in [0.25, 0.3) is 0 Å². The maximum atomic E-state index is 2.24. The van der Waals surface area contributed by atoms with Crippen molar-refractivity contribution in [3.63, 3.8) is 0 Å². The van der Waals surface area contributed by atoms with Crippen LogP contribution in [0.15, 0.2) is 42.5 Å². The Morgan fingerprint density at radius 2 is 1.67 bits per heavy atom. The molecule has 0 bridgehead atoms. The van der Waals surface area contributed by atoms with Gasteiger partial charge in [-0.2, -0.15) is 0 Å². The van der Waals surface area contributed by atoms with Crippen LogP contribution in [0.1, 0.15) is 4.44 Å². The van der Waals surface area contributed by atoms with Crippen molar-refractivity contribution >= 4 is 14.5 Å². The molecular formula is C11H10Se. The van der Waals surface area contributed by atoms with Crippen molar-refractivity contribution in [1.29, 1.82) is 0 Å². The van der Waals surface area contributed by atoms with Gasteiger partial charge in [0, 0.05) is 0 Å². The number of rotatable bonds is 1. The molecule has 0 aliphatic rings. The Balaban J connectivity index is 2.45. The molecule has 0 saturated carbocycles.